The van der Waals surface area contributed by atoms with Gasteiger partial charge in [0.05, 0.1) is 12.0 Å². The van der Waals surface area contributed by atoms with Gasteiger partial charge < -0.3 is 10.4 Å². The van der Waals surface area contributed by atoms with Gasteiger partial charge >= 0.3 is 5.97 Å². The number of aliphatic carboxylic acids is 1. The number of rotatable bonds is 4. The Morgan fingerprint density at radius 3 is 2.52 bits per heavy atom. The summed E-state index contributed by atoms with van der Waals surface area (Å²) in [6, 6.07) is 3.31. The van der Waals surface area contributed by atoms with Crippen molar-refractivity contribution in [2.75, 3.05) is 25.0 Å². The maximum Gasteiger partial charge on any atom is 0.310 e. The first-order chi connectivity index (χ1) is 9.82. The van der Waals surface area contributed by atoms with Crippen molar-refractivity contribution >= 4 is 17.6 Å². The number of halogens is 2. The van der Waals surface area contributed by atoms with Gasteiger partial charge in [-0.3, -0.25) is 14.5 Å². The largest absolute Gasteiger partial charge is 0.481 e. The fraction of sp³-hybridized carbons (Fsp3) is 0.429. The van der Waals surface area contributed by atoms with E-state index in [1.54, 1.807) is 11.8 Å². The number of nitrogens with zero attached hydrogens (tertiary/aromatic N) is 1. The molecule has 1 saturated heterocycles. The van der Waals surface area contributed by atoms with Crippen LogP contribution in [-0.2, 0) is 9.59 Å². The summed E-state index contributed by atoms with van der Waals surface area (Å²) in [4.78, 5) is 24.6. The Balaban J connectivity index is 1.96. The van der Waals surface area contributed by atoms with Gasteiger partial charge in [-0.2, -0.15) is 0 Å². The quantitative estimate of drug-likeness (QED) is 0.887. The van der Waals surface area contributed by atoms with Crippen LogP contribution < -0.4 is 5.32 Å². The molecule has 1 amide bonds. The molecule has 114 valence electrons. The lowest BCUT2D eigenvalue weighted by Crippen LogP contribution is -2.36. The lowest BCUT2D eigenvalue weighted by Gasteiger charge is -2.19. The number of para-hydroxylation sites is 1. The fourth-order valence-electron chi connectivity index (χ4n) is 2.37. The van der Waals surface area contributed by atoms with E-state index in [4.69, 9.17) is 5.11 Å². The third-order valence-corrected chi connectivity index (χ3v) is 3.66. The number of nitrogens with one attached hydrogen (secondary N) is 1. The van der Waals surface area contributed by atoms with Gasteiger partial charge in [0.15, 0.2) is 0 Å². The smallest absolute Gasteiger partial charge is 0.310 e. The number of benzene rings is 1. The summed E-state index contributed by atoms with van der Waals surface area (Å²) in [5.41, 5.74) is -1.37. The van der Waals surface area contributed by atoms with E-state index in [0.29, 0.717) is 13.0 Å². The number of hydrogen-bond donors (Lipinski definition) is 2. The summed E-state index contributed by atoms with van der Waals surface area (Å²) in [6.07, 6.45) is 0.434. The molecule has 0 saturated carbocycles. The zero-order valence-corrected chi connectivity index (χ0v) is 11.5. The highest BCUT2D eigenvalue weighted by molar-refractivity contribution is 5.92. The van der Waals surface area contributed by atoms with Crippen LogP contribution in [0, 0.1) is 17.0 Å². The number of carbonyl (C=O) groups excluding carboxylic acids is 1. The van der Waals surface area contributed by atoms with Crippen LogP contribution in [0.4, 0.5) is 14.5 Å². The third kappa shape index (κ3) is 3.36. The van der Waals surface area contributed by atoms with Gasteiger partial charge in [0.2, 0.25) is 5.91 Å². The highest BCUT2D eigenvalue weighted by atomic mass is 19.1. The minimum Gasteiger partial charge on any atom is -0.481 e. The van der Waals surface area contributed by atoms with Gasteiger partial charge in [0.1, 0.15) is 17.3 Å². The molecule has 1 aromatic rings. The molecule has 0 spiro atoms. The van der Waals surface area contributed by atoms with Crippen LogP contribution in [0.25, 0.3) is 0 Å². The van der Waals surface area contributed by atoms with Crippen molar-refractivity contribution < 1.29 is 23.5 Å². The Bertz CT molecular complexity index is 559. The van der Waals surface area contributed by atoms with Crippen molar-refractivity contribution in [1.82, 2.24) is 4.90 Å². The second kappa shape index (κ2) is 5.77. The molecular formula is C14H16F2N2O3. The number of likely N-dealkylation sites (tertiary alicyclic amines) is 1. The van der Waals surface area contributed by atoms with E-state index in [9.17, 15) is 18.4 Å². The molecule has 0 aromatic heterocycles. The molecule has 1 aliphatic rings. The standard InChI is InChI=1S/C14H16F2N2O3/c1-14(13(20)21)5-6-18(8-14)7-11(19)17-12-9(15)3-2-4-10(12)16/h2-4H,5-8H2,1H3,(H,17,19)(H,20,21). The lowest BCUT2D eigenvalue weighted by molar-refractivity contribution is -0.147. The Morgan fingerprint density at radius 2 is 2.00 bits per heavy atom. The average Bonchev–Trinajstić information content (AvgIpc) is 2.77. The van der Waals surface area contributed by atoms with Crippen LogP contribution in [0.1, 0.15) is 13.3 Å². The normalized spacial score (nSPS) is 22.2. The summed E-state index contributed by atoms with van der Waals surface area (Å²) in [6.45, 7) is 2.20. The maximum atomic E-state index is 13.4. The third-order valence-electron chi connectivity index (χ3n) is 3.66. The Hall–Kier alpha value is -2.02. The number of hydrogen-bond acceptors (Lipinski definition) is 3. The summed E-state index contributed by atoms with van der Waals surface area (Å²) in [5.74, 6) is -3.18. The molecule has 2 N–H and O–H groups in total. The van der Waals surface area contributed by atoms with Gasteiger partial charge in [-0.25, -0.2) is 8.78 Å². The molecule has 1 atom stereocenters. The van der Waals surface area contributed by atoms with E-state index in [0.717, 1.165) is 12.1 Å². The number of anilines is 1. The van der Waals surface area contributed by atoms with E-state index in [-0.39, 0.29) is 13.1 Å². The molecule has 0 radical (unpaired) electrons. The lowest BCUT2D eigenvalue weighted by atomic mass is 9.90. The van der Waals surface area contributed by atoms with Gasteiger partial charge in [-0.15, -0.1) is 0 Å². The van der Waals surface area contributed by atoms with Crippen LogP contribution in [-0.4, -0.2) is 41.5 Å². The maximum absolute atomic E-state index is 13.4. The van der Waals surface area contributed by atoms with E-state index >= 15 is 0 Å². The molecule has 7 heteroatoms. The second-order valence-electron chi connectivity index (χ2n) is 5.47. The summed E-state index contributed by atoms with van der Waals surface area (Å²) in [5, 5.41) is 11.3. The predicted octanol–water partition coefficient (Wildman–Crippen LogP) is 1.70. The molecule has 1 heterocycles. The molecule has 1 aliphatic heterocycles. The minimum atomic E-state index is -0.912. The first kappa shape index (κ1) is 15.4. The van der Waals surface area contributed by atoms with Crippen molar-refractivity contribution in [3.8, 4) is 0 Å². The van der Waals surface area contributed by atoms with Gasteiger partial charge in [0, 0.05) is 6.54 Å². The summed E-state index contributed by atoms with van der Waals surface area (Å²) in [7, 11) is 0. The van der Waals surface area contributed by atoms with Crippen LogP contribution >= 0.6 is 0 Å². The molecule has 1 fully saturated rings. The van der Waals surface area contributed by atoms with Crippen LogP contribution in [0.15, 0.2) is 18.2 Å². The first-order valence-electron chi connectivity index (χ1n) is 6.51. The van der Waals surface area contributed by atoms with Crippen LogP contribution in [0.2, 0.25) is 0 Å². The molecule has 1 aromatic carbocycles. The van der Waals surface area contributed by atoms with E-state index < -0.39 is 34.6 Å². The summed E-state index contributed by atoms with van der Waals surface area (Å²) >= 11 is 0. The molecule has 0 aliphatic carbocycles. The number of carboxylic acids is 1. The highest BCUT2D eigenvalue weighted by Gasteiger charge is 2.40. The molecule has 21 heavy (non-hydrogen) atoms. The number of carbonyl (C=O) groups is 2. The molecular weight excluding hydrogens is 282 g/mol. The van der Waals surface area contributed by atoms with Crippen molar-refractivity contribution in [2.24, 2.45) is 5.41 Å². The fourth-order valence-corrected chi connectivity index (χ4v) is 2.37. The molecule has 2 rings (SSSR count). The highest BCUT2D eigenvalue weighted by Crippen LogP contribution is 2.29. The second-order valence-corrected chi connectivity index (χ2v) is 5.47. The predicted molar refractivity (Wildman–Crippen MR) is 71.8 cm³/mol. The van der Waals surface area contributed by atoms with Crippen LogP contribution in [0.3, 0.4) is 0 Å². The molecule has 1 unspecified atom stereocenters. The van der Waals surface area contributed by atoms with Gasteiger partial charge in [0.25, 0.3) is 0 Å². The topological polar surface area (TPSA) is 69.6 Å². The van der Waals surface area contributed by atoms with Crippen LogP contribution in [0.5, 0.6) is 0 Å². The van der Waals surface area contributed by atoms with E-state index in [1.165, 1.54) is 6.07 Å². The van der Waals surface area contributed by atoms with Crippen molar-refractivity contribution in [3.05, 3.63) is 29.8 Å². The van der Waals surface area contributed by atoms with Gasteiger partial charge in [-0.1, -0.05) is 6.07 Å². The molecule has 5 nitrogen and oxygen atoms in total. The number of amides is 1. The summed E-state index contributed by atoms with van der Waals surface area (Å²) < 4.78 is 26.8. The average molecular weight is 298 g/mol. The van der Waals surface area contributed by atoms with Crippen molar-refractivity contribution in [1.29, 1.82) is 0 Å². The first-order valence-corrected chi connectivity index (χ1v) is 6.51. The minimum absolute atomic E-state index is 0.101. The number of carboxylic acid groups (broad SMARTS) is 1. The Kier molecular flexibility index (Phi) is 4.22. The van der Waals surface area contributed by atoms with E-state index in [1.807, 2.05) is 0 Å². The monoisotopic (exact) mass is 298 g/mol. The van der Waals surface area contributed by atoms with Crippen molar-refractivity contribution in [3.63, 3.8) is 0 Å². The molecule has 0 bridgehead atoms. The SMILES string of the molecule is CC1(C(=O)O)CCN(CC(=O)Nc2c(F)cccc2F)C1. The Labute approximate surface area is 120 Å². The zero-order valence-electron chi connectivity index (χ0n) is 11.5. The van der Waals surface area contributed by atoms with E-state index in [2.05, 4.69) is 5.32 Å². The van der Waals surface area contributed by atoms with Crippen molar-refractivity contribution in [2.45, 2.75) is 13.3 Å². The van der Waals surface area contributed by atoms with Gasteiger partial charge in [-0.05, 0) is 32.0 Å². The Morgan fingerprint density at radius 1 is 1.38 bits per heavy atom. The zero-order chi connectivity index (χ0) is 15.6.